The molecule has 0 unspecified atom stereocenters. The van der Waals surface area contributed by atoms with Crippen LogP contribution in [0, 0.1) is 34.0 Å². The van der Waals surface area contributed by atoms with E-state index in [9.17, 15) is 0 Å². The van der Waals surface area contributed by atoms with Crippen LogP contribution in [0.4, 0.5) is 11.4 Å². The summed E-state index contributed by atoms with van der Waals surface area (Å²) in [5.41, 5.74) is 9.23. The summed E-state index contributed by atoms with van der Waals surface area (Å²) in [6.45, 7) is 5.98. The molecular weight excluding hydrogens is 290 g/mol. The number of benzene rings is 1. The second kappa shape index (κ2) is 8.71. The standard InChI is InChI=1S/C16H17N7/c1-3-23(4-2)14-7-5-13(6-8-14)21-22-15(11-19)16(20)12(9-17)10-18/h5-8,21H,3-4,20H2,1-2H3/b22-15+. The van der Waals surface area contributed by atoms with E-state index in [-0.39, 0.29) is 17.0 Å². The third kappa shape index (κ3) is 4.49. The highest BCUT2D eigenvalue weighted by Gasteiger charge is 2.09. The second-order valence-electron chi connectivity index (χ2n) is 4.42. The van der Waals surface area contributed by atoms with Crippen LogP contribution in [0.15, 0.2) is 40.6 Å². The van der Waals surface area contributed by atoms with Crippen LogP contribution in [0.2, 0.25) is 0 Å². The summed E-state index contributed by atoms with van der Waals surface area (Å²) in [7, 11) is 0. The van der Waals surface area contributed by atoms with Crippen molar-refractivity contribution in [3.05, 3.63) is 35.5 Å². The van der Waals surface area contributed by atoms with Crippen molar-refractivity contribution < 1.29 is 0 Å². The Bertz CT molecular complexity index is 704. The summed E-state index contributed by atoms with van der Waals surface area (Å²) >= 11 is 0. The van der Waals surface area contributed by atoms with Gasteiger partial charge in [0.1, 0.15) is 18.2 Å². The van der Waals surface area contributed by atoms with Gasteiger partial charge in [-0.1, -0.05) is 0 Å². The van der Waals surface area contributed by atoms with E-state index in [4.69, 9.17) is 21.5 Å². The Morgan fingerprint density at radius 3 is 2.09 bits per heavy atom. The van der Waals surface area contributed by atoms with Gasteiger partial charge in [-0.05, 0) is 38.1 Å². The van der Waals surface area contributed by atoms with Gasteiger partial charge >= 0.3 is 0 Å². The Morgan fingerprint density at radius 2 is 1.65 bits per heavy atom. The largest absolute Gasteiger partial charge is 0.395 e. The fraction of sp³-hybridized carbons (Fsp3) is 0.250. The van der Waals surface area contributed by atoms with Crippen LogP contribution in [0.25, 0.3) is 0 Å². The maximum atomic E-state index is 9.03. The number of nitrogens with two attached hydrogens (primary N) is 1. The average Bonchev–Trinajstić information content (AvgIpc) is 2.59. The molecule has 23 heavy (non-hydrogen) atoms. The fourth-order valence-corrected chi connectivity index (χ4v) is 1.87. The van der Waals surface area contributed by atoms with E-state index in [0.29, 0.717) is 5.69 Å². The minimum Gasteiger partial charge on any atom is -0.395 e. The van der Waals surface area contributed by atoms with E-state index in [1.165, 1.54) is 0 Å². The molecule has 0 heterocycles. The van der Waals surface area contributed by atoms with Gasteiger partial charge in [0.15, 0.2) is 11.3 Å². The van der Waals surface area contributed by atoms with Crippen molar-refractivity contribution in [1.29, 1.82) is 15.8 Å². The van der Waals surface area contributed by atoms with E-state index >= 15 is 0 Å². The number of nitrogens with zero attached hydrogens (tertiary/aromatic N) is 5. The third-order valence-electron chi connectivity index (χ3n) is 3.15. The summed E-state index contributed by atoms with van der Waals surface area (Å²) < 4.78 is 0. The van der Waals surface area contributed by atoms with Gasteiger partial charge in [0.2, 0.25) is 0 Å². The summed E-state index contributed by atoms with van der Waals surface area (Å²) in [6, 6.07) is 12.5. The molecule has 0 amide bonds. The van der Waals surface area contributed by atoms with Crippen molar-refractivity contribution in [2.45, 2.75) is 13.8 Å². The molecule has 0 saturated heterocycles. The van der Waals surface area contributed by atoms with Crippen molar-refractivity contribution in [3.8, 4) is 18.2 Å². The topological polar surface area (TPSA) is 125 Å². The number of nitriles is 3. The monoisotopic (exact) mass is 307 g/mol. The lowest BCUT2D eigenvalue weighted by Gasteiger charge is -2.21. The number of nitrogens with one attached hydrogen (secondary N) is 1. The smallest absolute Gasteiger partial charge is 0.185 e. The van der Waals surface area contributed by atoms with Gasteiger partial charge in [0.25, 0.3) is 0 Å². The highest BCUT2D eigenvalue weighted by Crippen LogP contribution is 2.17. The van der Waals surface area contributed by atoms with Crippen molar-refractivity contribution in [1.82, 2.24) is 0 Å². The molecule has 1 aromatic carbocycles. The van der Waals surface area contributed by atoms with E-state index in [1.807, 2.05) is 24.3 Å². The molecule has 0 atom stereocenters. The number of hydrogen-bond acceptors (Lipinski definition) is 7. The molecular formula is C16H17N7. The van der Waals surface area contributed by atoms with E-state index in [2.05, 4.69) is 29.3 Å². The first-order valence-electron chi connectivity index (χ1n) is 7.00. The highest BCUT2D eigenvalue weighted by atomic mass is 15.3. The van der Waals surface area contributed by atoms with Crippen LogP contribution < -0.4 is 16.1 Å². The summed E-state index contributed by atoms with van der Waals surface area (Å²) in [5.74, 6) is 0. The predicted molar refractivity (Wildman–Crippen MR) is 89.1 cm³/mol. The Labute approximate surface area is 135 Å². The molecule has 0 aromatic heterocycles. The molecule has 0 radical (unpaired) electrons. The van der Waals surface area contributed by atoms with E-state index in [0.717, 1.165) is 18.8 Å². The second-order valence-corrected chi connectivity index (χ2v) is 4.42. The molecule has 7 heteroatoms. The third-order valence-corrected chi connectivity index (χ3v) is 3.15. The summed E-state index contributed by atoms with van der Waals surface area (Å²) in [4.78, 5) is 2.20. The zero-order valence-corrected chi connectivity index (χ0v) is 13.0. The molecule has 1 rings (SSSR count). The number of allylic oxidation sites excluding steroid dienone is 2. The Balaban J connectivity index is 2.96. The van der Waals surface area contributed by atoms with Gasteiger partial charge in [-0.25, -0.2) is 0 Å². The van der Waals surface area contributed by atoms with Crippen LogP contribution in [-0.4, -0.2) is 18.8 Å². The molecule has 1 aromatic rings. The van der Waals surface area contributed by atoms with Crippen LogP contribution in [0.5, 0.6) is 0 Å². The number of rotatable bonds is 6. The predicted octanol–water partition coefficient (Wildman–Crippen LogP) is 2.08. The maximum Gasteiger partial charge on any atom is 0.185 e. The normalized spacial score (nSPS) is 9.96. The molecule has 0 saturated carbocycles. The van der Waals surface area contributed by atoms with Gasteiger partial charge in [0, 0.05) is 18.8 Å². The zero-order chi connectivity index (χ0) is 17.2. The summed E-state index contributed by atoms with van der Waals surface area (Å²) in [5, 5.41) is 30.4. The number of hydrogen-bond donors (Lipinski definition) is 2. The molecule has 0 aliphatic carbocycles. The van der Waals surface area contributed by atoms with Crippen LogP contribution in [-0.2, 0) is 0 Å². The quantitative estimate of drug-likeness (QED) is 0.471. The SMILES string of the molecule is CCN(CC)c1ccc(N/N=C(\C#N)C(N)=C(C#N)C#N)cc1. The van der Waals surface area contributed by atoms with Crippen molar-refractivity contribution in [3.63, 3.8) is 0 Å². The fourth-order valence-electron chi connectivity index (χ4n) is 1.87. The first-order chi connectivity index (χ1) is 11.1. The molecule has 0 aliphatic rings. The summed E-state index contributed by atoms with van der Waals surface area (Å²) in [6.07, 6.45) is 0. The molecule has 0 spiro atoms. The van der Waals surface area contributed by atoms with Gasteiger partial charge in [-0.3, -0.25) is 5.43 Å². The molecule has 0 aliphatic heterocycles. The molecule has 0 bridgehead atoms. The van der Waals surface area contributed by atoms with Crippen molar-refractivity contribution in [2.24, 2.45) is 10.8 Å². The van der Waals surface area contributed by atoms with E-state index < -0.39 is 0 Å². The maximum absolute atomic E-state index is 9.03. The van der Waals surface area contributed by atoms with Gasteiger partial charge < -0.3 is 10.6 Å². The minimum atomic E-state index is -0.344. The first kappa shape index (κ1) is 17.6. The van der Waals surface area contributed by atoms with Crippen LogP contribution in [0.3, 0.4) is 0 Å². The number of anilines is 2. The Morgan fingerprint density at radius 1 is 1.09 bits per heavy atom. The van der Waals surface area contributed by atoms with Gasteiger partial charge in [-0.15, -0.1) is 0 Å². The first-order valence-corrected chi connectivity index (χ1v) is 7.00. The van der Waals surface area contributed by atoms with Crippen LogP contribution >= 0.6 is 0 Å². The average molecular weight is 307 g/mol. The molecule has 3 N–H and O–H groups in total. The van der Waals surface area contributed by atoms with Gasteiger partial charge in [0.05, 0.1) is 11.4 Å². The van der Waals surface area contributed by atoms with Crippen molar-refractivity contribution in [2.75, 3.05) is 23.4 Å². The van der Waals surface area contributed by atoms with Gasteiger partial charge in [-0.2, -0.15) is 20.9 Å². The lowest BCUT2D eigenvalue weighted by molar-refractivity contribution is 0.866. The Hall–Kier alpha value is -3.50. The molecule has 7 nitrogen and oxygen atoms in total. The molecule has 0 fully saturated rings. The number of hydrazone groups is 1. The lowest BCUT2D eigenvalue weighted by atomic mass is 10.2. The molecule has 116 valence electrons. The lowest BCUT2D eigenvalue weighted by Crippen LogP contribution is -2.21. The minimum absolute atomic E-state index is 0.212. The Kier molecular flexibility index (Phi) is 6.65. The van der Waals surface area contributed by atoms with E-state index in [1.54, 1.807) is 18.2 Å². The van der Waals surface area contributed by atoms with Crippen LogP contribution in [0.1, 0.15) is 13.8 Å². The zero-order valence-electron chi connectivity index (χ0n) is 13.0. The highest BCUT2D eigenvalue weighted by molar-refractivity contribution is 6.12. The van der Waals surface area contributed by atoms with Crippen molar-refractivity contribution >= 4 is 17.1 Å².